The molecule has 0 bridgehead atoms. The number of Topliss-reactive ketones (excluding diaryl/α,β-unsaturated/α-hetero) is 1. The van der Waals surface area contributed by atoms with Gasteiger partial charge in [0, 0.05) is 49.5 Å². The van der Waals surface area contributed by atoms with Crippen LogP contribution in [0.15, 0.2) is 0 Å². The SMILES string of the molecule is CC[C@@H](C)c1c(CC(C)=O)c2c3c(c4c5c(c6c7c(c8c9c(c1c1c2c4c6c81)CC(=O)N9N)CC(=O)N7N)CC(=O)N5)CC(=O)N3. The lowest BCUT2D eigenvalue weighted by Gasteiger charge is -2.25. The van der Waals surface area contributed by atoms with E-state index in [9.17, 15) is 24.0 Å². The molecule has 6 aromatic carbocycles. The molecule has 0 saturated heterocycles. The second-order valence-corrected chi connectivity index (χ2v) is 13.5. The third-order valence-electron chi connectivity index (χ3n) is 11.2. The van der Waals surface area contributed by atoms with Crippen LogP contribution in [0.2, 0.25) is 0 Å². The van der Waals surface area contributed by atoms with Gasteiger partial charge in [-0.1, -0.05) is 13.8 Å². The molecule has 0 radical (unpaired) electrons. The second-order valence-electron chi connectivity index (χ2n) is 13.5. The summed E-state index contributed by atoms with van der Waals surface area (Å²) in [5, 5.41) is 17.1. The summed E-state index contributed by atoms with van der Waals surface area (Å²) >= 11 is 0. The number of benzene rings is 5. The molecule has 4 aliphatic heterocycles. The van der Waals surface area contributed by atoms with Crippen molar-refractivity contribution in [1.82, 2.24) is 0 Å². The molecule has 0 aliphatic carbocycles. The Balaban J connectivity index is 1.63. The molecule has 11 nitrogen and oxygen atoms in total. The molecule has 0 spiro atoms. The molecule has 6 N–H and O–H groups in total. The highest BCUT2D eigenvalue weighted by Gasteiger charge is 2.44. The summed E-state index contributed by atoms with van der Waals surface area (Å²) < 4.78 is 0. The number of carbonyl (C=O) groups is 5. The maximum atomic E-state index is 13.5. The molecule has 4 heterocycles. The van der Waals surface area contributed by atoms with Gasteiger partial charge >= 0.3 is 0 Å². The number of amides is 4. The molecule has 46 heavy (non-hydrogen) atoms. The molecule has 10 rings (SSSR count). The van der Waals surface area contributed by atoms with Gasteiger partial charge in [-0.25, -0.2) is 21.7 Å². The van der Waals surface area contributed by atoms with Crippen LogP contribution in [0.1, 0.15) is 66.5 Å². The average molecular weight is 613 g/mol. The minimum atomic E-state index is -0.288. The molecule has 228 valence electrons. The highest BCUT2D eigenvalue weighted by Crippen LogP contribution is 2.63. The van der Waals surface area contributed by atoms with Crippen molar-refractivity contribution >= 4 is 106 Å². The van der Waals surface area contributed by atoms with E-state index in [1.165, 1.54) is 10.0 Å². The minimum Gasteiger partial charge on any atom is -0.325 e. The predicted molar refractivity (Wildman–Crippen MR) is 176 cm³/mol. The molecule has 0 saturated carbocycles. The van der Waals surface area contributed by atoms with Crippen LogP contribution in [0.4, 0.5) is 22.7 Å². The topological polar surface area (TPSA) is 168 Å². The number of fused-ring (bicyclic) bond motifs is 12. The average Bonchev–Trinajstić information content (AvgIpc) is 3.80. The van der Waals surface area contributed by atoms with Crippen LogP contribution in [0.5, 0.6) is 0 Å². The van der Waals surface area contributed by atoms with Crippen molar-refractivity contribution in [2.45, 2.75) is 65.2 Å². The number of nitrogens with one attached hydrogen (secondary N) is 2. The first-order valence-corrected chi connectivity index (χ1v) is 15.7. The summed E-state index contributed by atoms with van der Waals surface area (Å²) in [4.78, 5) is 66.3. The van der Waals surface area contributed by atoms with Crippen LogP contribution in [0.3, 0.4) is 0 Å². The van der Waals surface area contributed by atoms with Crippen LogP contribution >= 0.6 is 0 Å². The van der Waals surface area contributed by atoms with Crippen LogP contribution in [-0.2, 0) is 56.1 Å². The van der Waals surface area contributed by atoms with E-state index in [-0.39, 0.29) is 67.4 Å². The predicted octanol–water partition coefficient (Wildman–Crippen LogP) is 3.93. The third kappa shape index (κ3) is 2.66. The molecular formula is C35H28N6O5. The number of hydrogen-bond donors (Lipinski definition) is 4. The fraction of sp³-hybridized carbons (Fsp3) is 0.286. The molecule has 6 aromatic rings. The van der Waals surface area contributed by atoms with Crippen molar-refractivity contribution in [2.24, 2.45) is 11.7 Å². The van der Waals surface area contributed by atoms with Gasteiger partial charge in [0.2, 0.25) is 23.6 Å². The van der Waals surface area contributed by atoms with Crippen LogP contribution < -0.4 is 32.3 Å². The van der Waals surface area contributed by atoms with Crippen molar-refractivity contribution in [2.75, 3.05) is 20.7 Å². The van der Waals surface area contributed by atoms with Gasteiger partial charge in [-0.3, -0.25) is 24.0 Å². The number of nitrogens with two attached hydrogens (primary N) is 2. The van der Waals surface area contributed by atoms with E-state index in [1.807, 2.05) is 0 Å². The van der Waals surface area contributed by atoms with Crippen molar-refractivity contribution in [3.8, 4) is 0 Å². The van der Waals surface area contributed by atoms with Gasteiger partial charge in [-0.2, -0.15) is 0 Å². The van der Waals surface area contributed by atoms with E-state index in [1.54, 1.807) is 6.92 Å². The van der Waals surface area contributed by atoms with Crippen molar-refractivity contribution in [3.63, 3.8) is 0 Å². The molecule has 0 unspecified atom stereocenters. The number of ketones is 1. The second kappa shape index (κ2) is 7.98. The normalized spacial score (nSPS) is 17.9. The highest BCUT2D eigenvalue weighted by atomic mass is 16.2. The lowest BCUT2D eigenvalue weighted by atomic mass is 9.79. The van der Waals surface area contributed by atoms with Crippen molar-refractivity contribution < 1.29 is 24.0 Å². The summed E-state index contributed by atoms with van der Waals surface area (Å²) in [5.41, 5.74) is 7.26. The van der Waals surface area contributed by atoms with Crippen molar-refractivity contribution in [3.05, 3.63) is 33.4 Å². The third-order valence-corrected chi connectivity index (χ3v) is 11.2. The van der Waals surface area contributed by atoms with Crippen LogP contribution in [0.25, 0.3) is 53.9 Å². The smallest absolute Gasteiger partial charge is 0.245 e. The van der Waals surface area contributed by atoms with E-state index < -0.39 is 0 Å². The molecule has 4 aliphatic rings. The number of anilines is 4. The van der Waals surface area contributed by atoms with Crippen LogP contribution in [-0.4, -0.2) is 29.4 Å². The van der Waals surface area contributed by atoms with E-state index in [0.29, 0.717) is 28.3 Å². The first-order valence-electron chi connectivity index (χ1n) is 15.7. The van der Waals surface area contributed by atoms with E-state index in [0.717, 1.165) is 88.1 Å². The zero-order chi connectivity index (χ0) is 31.8. The molecule has 1 atom stereocenters. The minimum absolute atomic E-state index is 0.00436. The molecule has 11 heteroatoms. The molecular weight excluding hydrogens is 584 g/mol. The Morgan fingerprint density at radius 2 is 1.13 bits per heavy atom. The lowest BCUT2D eigenvalue weighted by Crippen LogP contribution is -2.34. The Morgan fingerprint density at radius 3 is 1.70 bits per heavy atom. The number of hydrogen-bond acceptors (Lipinski definition) is 7. The fourth-order valence-electron chi connectivity index (χ4n) is 9.47. The maximum absolute atomic E-state index is 13.5. The Hall–Kier alpha value is -5.13. The Labute approximate surface area is 260 Å². The van der Waals surface area contributed by atoms with Gasteiger partial charge in [0.15, 0.2) is 0 Å². The summed E-state index contributed by atoms with van der Waals surface area (Å²) in [7, 11) is 0. The van der Waals surface area contributed by atoms with Gasteiger partial charge in [0.25, 0.3) is 0 Å². The van der Waals surface area contributed by atoms with Crippen molar-refractivity contribution in [1.29, 1.82) is 0 Å². The van der Waals surface area contributed by atoms with E-state index in [2.05, 4.69) is 24.5 Å². The summed E-state index contributed by atoms with van der Waals surface area (Å²) in [6.45, 7) is 5.80. The van der Waals surface area contributed by atoms with Gasteiger partial charge in [0.1, 0.15) is 5.78 Å². The summed E-state index contributed by atoms with van der Waals surface area (Å²) in [6, 6.07) is 0. The number of hydrazine groups is 2. The molecule has 0 fully saturated rings. The van der Waals surface area contributed by atoms with Crippen LogP contribution in [0, 0.1) is 0 Å². The maximum Gasteiger partial charge on any atom is 0.245 e. The number of nitrogens with zero attached hydrogens (tertiary/aromatic N) is 2. The zero-order valence-electron chi connectivity index (χ0n) is 25.4. The largest absolute Gasteiger partial charge is 0.325 e. The van der Waals surface area contributed by atoms with E-state index in [4.69, 9.17) is 11.7 Å². The number of carbonyl (C=O) groups excluding carboxylic acids is 5. The van der Waals surface area contributed by atoms with Gasteiger partial charge < -0.3 is 10.6 Å². The Kier molecular flexibility index (Phi) is 4.53. The Morgan fingerprint density at radius 1 is 0.674 bits per heavy atom. The highest BCUT2D eigenvalue weighted by molar-refractivity contribution is 6.52. The van der Waals surface area contributed by atoms with E-state index >= 15 is 0 Å². The first-order chi connectivity index (χ1) is 22.0. The quantitative estimate of drug-likeness (QED) is 0.133. The lowest BCUT2D eigenvalue weighted by molar-refractivity contribution is -0.118. The molecule has 0 aromatic heterocycles. The standard InChI is InChI=1S/C35H28N6O5/c1-4-10(2)21-12(5-11(3)42)23-28-27-22(21)15-8-19(45)40(36)34(15)26-16-9-20(46)41(37)35(16)25-14-7-18(44)39-33(14)24(29(28)30(25)31(26)27)13-6-17(43)38-32(13)23/h10H,4-9,36-37H2,1-3H3,(H,38,43)(H,39,44)/t10-/m1/s1. The zero-order valence-corrected chi connectivity index (χ0v) is 25.4. The Bertz CT molecular complexity index is 2550. The summed E-state index contributed by atoms with van der Waals surface area (Å²) in [5.74, 6) is 12.3. The van der Waals surface area contributed by atoms with Gasteiger partial charge in [-0.05, 0) is 63.4 Å². The first kappa shape index (κ1) is 26.1. The number of rotatable bonds is 4. The van der Waals surface area contributed by atoms with Gasteiger partial charge in [0.05, 0.1) is 48.4 Å². The van der Waals surface area contributed by atoms with Gasteiger partial charge in [-0.15, -0.1) is 0 Å². The fourth-order valence-corrected chi connectivity index (χ4v) is 9.47. The monoisotopic (exact) mass is 612 g/mol. The summed E-state index contributed by atoms with van der Waals surface area (Å²) in [6.07, 6.45) is 1.25. The molecule has 4 amide bonds.